The predicted octanol–water partition coefficient (Wildman–Crippen LogP) is 4.71. The molecule has 0 N–H and O–H groups in total. The third-order valence-corrected chi connectivity index (χ3v) is 4.09. The molecule has 18 heavy (non-hydrogen) atoms. The van der Waals surface area contributed by atoms with Gasteiger partial charge in [0.15, 0.2) is 0 Å². The van der Waals surface area contributed by atoms with Crippen LogP contribution in [0.4, 0.5) is 13.2 Å². The molecule has 1 aromatic carbocycles. The summed E-state index contributed by atoms with van der Waals surface area (Å²) in [5, 5.41) is 0.0993. The molecule has 1 aromatic rings. The van der Waals surface area contributed by atoms with E-state index in [-0.39, 0.29) is 23.0 Å². The number of ether oxygens (including phenoxy) is 1. The van der Waals surface area contributed by atoms with Crippen molar-refractivity contribution in [2.24, 2.45) is 5.92 Å². The summed E-state index contributed by atoms with van der Waals surface area (Å²) in [6.45, 7) is 2.03. The van der Waals surface area contributed by atoms with Gasteiger partial charge in [0.05, 0.1) is 0 Å². The normalized spacial score (nSPS) is 28.4. The number of halogens is 4. The summed E-state index contributed by atoms with van der Waals surface area (Å²) in [6.07, 6.45) is -2.84. The quantitative estimate of drug-likeness (QED) is 0.712. The molecule has 0 amide bonds. The average Bonchev–Trinajstić information content (AvgIpc) is 2.58. The van der Waals surface area contributed by atoms with Crippen LogP contribution in [0.25, 0.3) is 0 Å². The van der Waals surface area contributed by atoms with E-state index >= 15 is 0 Å². The predicted molar refractivity (Wildman–Crippen MR) is 63.9 cm³/mol. The molecule has 0 saturated heterocycles. The summed E-state index contributed by atoms with van der Waals surface area (Å²) >= 11 is 6.14. The fraction of sp³-hybridized carbons (Fsp3) is 0.538. The highest BCUT2D eigenvalue weighted by molar-refractivity contribution is 6.21. The molecule has 1 fully saturated rings. The van der Waals surface area contributed by atoms with Crippen molar-refractivity contribution in [3.63, 3.8) is 0 Å². The van der Waals surface area contributed by atoms with Crippen LogP contribution in [0.15, 0.2) is 24.3 Å². The van der Waals surface area contributed by atoms with E-state index in [9.17, 15) is 13.2 Å². The van der Waals surface area contributed by atoms with E-state index < -0.39 is 6.36 Å². The average molecular weight is 279 g/mol. The Morgan fingerprint density at radius 1 is 1.28 bits per heavy atom. The van der Waals surface area contributed by atoms with E-state index in [1.807, 2.05) is 13.0 Å². The van der Waals surface area contributed by atoms with Crippen LogP contribution >= 0.6 is 11.6 Å². The number of rotatable bonds is 2. The lowest BCUT2D eigenvalue weighted by Gasteiger charge is -2.18. The first-order chi connectivity index (χ1) is 8.37. The second kappa shape index (κ2) is 5.00. The number of hydrogen-bond donors (Lipinski definition) is 0. The first-order valence-electron chi connectivity index (χ1n) is 5.86. The minimum Gasteiger partial charge on any atom is -0.406 e. The zero-order chi connectivity index (χ0) is 13.3. The summed E-state index contributed by atoms with van der Waals surface area (Å²) < 4.78 is 40.4. The van der Waals surface area contributed by atoms with Crippen LogP contribution < -0.4 is 4.74 Å². The molecule has 1 saturated carbocycles. The van der Waals surface area contributed by atoms with Gasteiger partial charge in [-0.15, -0.1) is 24.8 Å². The van der Waals surface area contributed by atoms with Gasteiger partial charge in [-0.3, -0.25) is 0 Å². The Morgan fingerprint density at radius 2 is 2.00 bits per heavy atom. The molecular formula is C13H14ClF3O. The van der Waals surface area contributed by atoms with Crippen LogP contribution in [0, 0.1) is 5.92 Å². The fourth-order valence-electron chi connectivity index (χ4n) is 2.53. The lowest BCUT2D eigenvalue weighted by atomic mass is 9.90. The molecule has 0 spiro atoms. The van der Waals surface area contributed by atoms with Crippen molar-refractivity contribution in [1.29, 1.82) is 0 Å². The Hall–Kier alpha value is -0.900. The van der Waals surface area contributed by atoms with E-state index in [0.717, 1.165) is 18.4 Å². The van der Waals surface area contributed by atoms with Gasteiger partial charge in [-0.2, -0.15) is 0 Å². The SMILES string of the molecule is CC1C(Cl)CCC1c1cccc(OC(F)(F)F)c1. The molecule has 0 aliphatic heterocycles. The molecule has 1 aliphatic carbocycles. The third-order valence-electron chi connectivity index (χ3n) is 3.48. The van der Waals surface area contributed by atoms with Crippen LogP contribution in [0.5, 0.6) is 5.75 Å². The third kappa shape index (κ3) is 3.10. The van der Waals surface area contributed by atoms with Crippen LogP contribution in [0.2, 0.25) is 0 Å². The molecule has 100 valence electrons. The molecule has 0 radical (unpaired) electrons. The van der Waals surface area contributed by atoms with Gasteiger partial charge >= 0.3 is 6.36 Å². The summed E-state index contributed by atoms with van der Waals surface area (Å²) in [5.74, 6) is 0.322. The van der Waals surface area contributed by atoms with E-state index in [0.29, 0.717) is 0 Å². The number of benzene rings is 1. The van der Waals surface area contributed by atoms with E-state index in [2.05, 4.69) is 4.74 Å². The van der Waals surface area contributed by atoms with Crippen molar-refractivity contribution in [2.75, 3.05) is 0 Å². The van der Waals surface area contributed by atoms with E-state index in [4.69, 9.17) is 11.6 Å². The largest absolute Gasteiger partial charge is 0.573 e. The summed E-state index contributed by atoms with van der Waals surface area (Å²) in [5.41, 5.74) is 0.868. The van der Waals surface area contributed by atoms with Crippen LogP contribution in [-0.4, -0.2) is 11.7 Å². The molecule has 0 heterocycles. The van der Waals surface area contributed by atoms with Crippen molar-refractivity contribution < 1.29 is 17.9 Å². The van der Waals surface area contributed by atoms with Gasteiger partial charge in [-0.25, -0.2) is 0 Å². The zero-order valence-corrected chi connectivity index (χ0v) is 10.6. The van der Waals surface area contributed by atoms with E-state index in [1.165, 1.54) is 12.1 Å². The molecule has 3 unspecified atom stereocenters. The molecule has 5 heteroatoms. The molecule has 1 aliphatic rings. The first-order valence-corrected chi connectivity index (χ1v) is 6.30. The minimum atomic E-state index is -4.64. The van der Waals surface area contributed by atoms with Crippen molar-refractivity contribution in [3.8, 4) is 5.75 Å². The smallest absolute Gasteiger partial charge is 0.406 e. The Morgan fingerprint density at radius 3 is 2.56 bits per heavy atom. The Bertz CT molecular complexity index is 419. The molecule has 1 nitrogen and oxygen atoms in total. The number of hydrogen-bond acceptors (Lipinski definition) is 1. The van der Waals surface area contributed by atoms with E-state index in [1.54, 1.807) is 6.07 Å². The Balaban J connectivity index is 2.17. The summed E-state index contributed by atoms with van der Waals surface area (Å²) in [6, 6.07) is 6.20. The maximum absolute atomic E-state index is 12.1. The Kier molecular flexibility index (Phi) is 3.76. The standard InChI is InChI=1S/C13H14ClF3O/c1-8-11(5-6-12(8)14)9-3-2-4-10(7-9)18-13(15,16)17/h2-4,7-8,11-12H,5-6H2,1H3. The summed E-state index contributed by atoms with van der Waals surface area (Å²) in [7, 11) is 0. The highest BCUT2D eigenvalue weighted by atomic mass is 35.5. The van der Waals surface area contributed by atoms with Crippen molar-refractivity contribution >= 4 is 11.6 Å². The molecular weight excluding hydrogens is 265 g/mol. The molecule has 2 rings (SSSR count). The van der Waals surface area contributed by atoms with Crippen molar-refractivity contribution in [3.05, 3.63) is 29.8 Å². The second-order valence-corrected chi connectivity index (χ2v) is 5.24. The fourth-order valence-corrected chi connectivity index (χ4v) is 2.83. The molecule has 0 bridgehead atoms. The number of alkyl halides is 4. The highest BCUT2D eigenvalue weighted by Gasteiger charge is 2.34. The topological polar surface area (TPSA) is 9.23 Å². The lowest BCUT2D eigenvalue weighted by molar-refractivity contribution is -0.274. The molecule has 3 atom stereocenters. The maximum atomic E-state index is 12.1. The summed E-state index contributed by atoms with van der Waals surface area (Å²) in [4.78, 5) is 0. The minimum absolute atomic E-state index is 0.0993. The van der Waals surface area contributed by atoms with Gasteiger partial charge in [0.1, 0.15) is 5.75 Å². The van der Waals surface area contributed by atoms with Gasteiger partial charge in [0.2, 0.25) is 0 Å². The second-order valence-electron chi connectivity index (χ2n) is 4.68. The van der Waals surface area contributed by atoms with Gasteiger partial charge in [-0.1, -0.05) is 19.1 Å². The van der Waals surface area contributed by atoms with Gasteiger partial charge in [-0.05, 0) is 42.4 Å². The maximum Gasteiger partial charge on any atom is 0.573 e. The van der Waals surface area contributed by atoms with Crippen LogP contribution in [-0.2, 0) is 0 Å². The first kappa shape index (κ1) is 13.5. The van der Waals surface area contributed by atoms with Gasteiger partial charge in [0, 0.05) is 5.38 Å². The monoisotopic (exact) mass is 278 g/mol. The van der Waals surface area contributed by atoms with Crippen molar-refractivity contribution in [1.82, 2.24) is 0 Å². The zero-order valence-electron chi connectivity index (χ0n) is 9.88. The van der Waals surface area contributed by atoms with Gasteiger partial charge < -0.3 is 4.74 Å². The lowest BCUT2D eigenvalue weighted by Crippen LogP contribution is -2.17. The van der Waals surface area contributed by atoms with Crippen LogP contribution in [0.1, 0.15) is 31.2 Å². The highest BCUT2D eigenvalue weighted by Crippen LogP contribution is 2.42. The van der Waals surface area contributed by atoms with Crippen LogP contribution in [0.3, 0.4) is 0 Å². The van der Waals surface area contributed by atoms with Gasteiger partial charge in [0.25, 0.3) is 0 Å². The van der Waals surface area contributed by atoms with Crippen molar-refractivity contribution in [2.45, 2.75) is 37.4 Å². The molecule has 0 aromatic heterocycles. The Labute approximate surface area is 109 Å².